The maximum atomic E-state index is 13.5. The lowest BCUT2D eigenvalue weighted by Gasteiger charge is -2.33. The molecule has 0 aromatic carbocycles. The van der Waals surface area contributed by atoms with Gasteiger partial charge in [-0.25, -0.2) is 0 Å². The molecule has 0 aliphatic carbocycles. The summed E-state index contributed by atoms with van der Waals surface area (Å²) in [4.78, 5) is 6.94. The molecule has 0 radical (unpaired) electrons. The maximum Gasteiger partial charge on any atom is 0.127 e. The first-order chi connectivity index (χ1) is 9.48. The fourth-order valence-electron chi connectivity index (χ4n) is 2.50. The molecule has 0 rings (SSSR count). The minimum atomic E-state index is -2.21. The molecule has 0 N–H and O–H groups in total. The Hall–Kier alpha value is 0.110. The molecule has 20 heavy (non-hydrogen) atoms. The van der Waals surface area contributed by atoms with Crippen LogP contribution in [0.2, 0.25) is 0 Å². The summed E-state index contributed by atoms with van der Waals surface area (Å²) in [7, 11) is -2.21. The number of rotatable bonds is 12. The Labute approximate surface area is 126 Å². The van der Waals surface area contributed by atoms with E-state index in [0.29, 0.717) is 0 Å². The van der Waals surface area contributed by atoms with Gasteiger partial charge in [0, 0.05) is 0 Å². The van der Waals surface area contributed by atoms with Gasteiger partial charge < -0.3 is 4.57 Å². The molecular weight excluding hydrogens is 269 g/mol. The van der Waals surface area contributed by atoms with E-state index in [0.717, 1.165) is 58.1 Å². The molecule has 0 aliphatic heterocycles. The lowest BCUT2D eigenvalue weighted by atomic mass is 10.6. The van der Waals surface area contributed by atoms with E-state index in [1.807, 2.05) is 0 Å². The van der Waals surface area contributed by atoms with Gasteiger partial charge in [-0.3, -0.25) is 14.7 Å². The zero-order chi connectivity index (χ0) is 15.6. The maximum absolute atomic E-state index is 13.5. The van der Waals surface area contributed by atoms with E-state index in [4.69, 9.17) is 0 Å². The van der Waals surface area contributed by atoms with Crippen molar-refractivity contribution in [1.29, 1.82) is 0 Å². The summed E-state index contributed by atoms with van der Waals surface area (Å²) < 4.78 is 13.5. The van der Waals surface area contributed by atoms with E-state index in [1.54, 1.807) is 0 Å². The predicted molar refractivity (Wildman–Crippen MR) is 91.0 cm³/mol. The van der Waals surface area contributed by atoms with E-state index in [2.05, 4.69) is 56.2 Å². The Kier molecular flexibility index (Phi) is 10.8. The molecule has 0 atom stereocenters. The van der Waals surface area contributed by atoms with Crippen LogP contribution in [0.25, 0.3) is 0 Å². The first-order valence-electron chi connectivity index (χ1n) is 8.22. The molecule has 0 spiro atoms. The van der Waals surface area contributed by atoms with Crippen molar-refractivity contribution >= 4 is 7.14 Å². The van der Waals surface area contributed by atoms with Gasteiger partial charge in [-0.1, -0.05) is 41.5 Å². The SMILES string of the molecule is CCN(CC)CP(=O)(CN(CC)CC)CN(CC)CC. The van der Waals surface area contributed by atoms with E-state index in [-0.39, 0.29) is 0 Å². The molecule has 0 fully saturated rings. The van der Waals surface area contributed by atoms with Crippen molar-refractivity contribution in [3.05, 3.63) is 0 Å². The van der Waals surface area contributed by atoms with Gasteiger partial charge >= 0.3 is 0 Å². The molecule has 122 valence electrons. The molecule has 0 heterocycles. The first-order valence-corrected chi connectivity index (χ1v) is 10.5. The van der Waals surface area contributed by atoms with Crippen LogP contribution in [0.1, 0.15) is 41.5 Å². The third-order valence-electron chi connectivity index (χ3n) is 4.06. The average molecular weight is 305 g/mol. The second-order valence-electron chi connectivity index (χ2n) is 5.39. The van der Waals surface area contributed by atoms with Gasteiger partial charge in [0.25, 0.3) is 0 Å². The summed E-state index contributed by atoms with van der Waals surface area (Å²) >= 11 is 0. The molecule has 0 saturated carbocycles. The molecule has 0 aromatic rings. The minimum Gasteiger partial charge on any atom is -0.320 e. The fraction of sp³-hybridized carbons (Fsp3) is 1.00. The molecular formula is C15H36N3OP. The Balaban J connectivity index is 4.95. The standard InChI is InChI=1S/C15H36N3OP/c1-7-16(8-2)13-20(19,14-17(9-3)10-4)15-18(11-5)12-6/h7-15H2,1-6H3. The van der Waals surface area contributed by atoms with E-state index in [1.165, 1.54) is 0 Å². The van der Waals surface area contributed by atoms with E-state index < -0.39 is 7.14 Å². The third kappa shape index (κ3) is 7.21. The lowest BCUT2D eigenvalue weighted by molar-refractivity contribution is 0.306. The highest BCUT2D eigenvalue weighted by Crippen LogP contribution is 2.47. The van der Waals surface area contributed by atoms with Crippen molar-refractivity contribution in [3.63, 3.8) is 0 Å². The summed E-state index contributed by atoms with van der Waals surface area (Å²) in [6.45, 7) is 18.8. The Morgan fingerprint density at radius 1 is 0.550 bits per heavy atom. The molecule has 0 aromatic heterocycles. The number of hydrogen-bond donors (Lipinski definition) is 0. The molecule has 0 amide bonds. The van der Waals surface area contributed by atoms with Crippen LogP contribution in [0.3, 0.4) is 0 Å². The minimum absolute atomic E-state index is 0.757. The van der Waals surface area contributed by atoms with Crippen LogP contribution in [-0.4, -0.2) is 72.8 Å². The highest BCUT2D eigenvalue weighted by molar-refractivity contribution is 7.63. The second kappa shape index (κ2) is 10.8. The summed E-state index contributed by atoms with van der Waals surface area (Å²) in [5.41, 5.74) is 0. The zero-order valence-electron chi connectivity index (χ0n) is 14.6. The van der Waals surface area contributed by atoms with Crippen molar-refractivity contribution in [3.8, 4) is 0 Å². The predicted octanol–water partition coefficient (Wildman–Crippen LogP) is 3.25. The van der Waals surface area contributed by atoms with Gasteiger partial charge in [0.2, 0.25) is 0 Å². The van der Waals surface area contributed by atoms with Crippen LogP contribution in [0.15, 0.2) is 0 Å². The Morgan fingerprint density at radius 2 is 0.750 bits per heavy atom. The topological polar surface area (TPSA) is 26.8 Å². The van der Waals surface area contributed by atoms with Crippen molar-refractivity contribution in [2.75, 3.05) is 58.1 Å². The highest BCUT2D eigenvalue weighted by atomic mass is 31.2. The molecule has 4 nitrogen and oxygen atoms in total. The van der Waals surface area contributed by atoms with Crippen LogP contribution in [0, 0.1) is 0 Å². The smallest absolute Gasteiger partial charge is 0.127 e. The molecule has 0 aliphatic rings. The van der Waals surface area contributed by atoms with Gasteiger partial charge in [0.15, 0.2) is 0 Å². The van der Waals surface area contributed by atoms with Gasteiger partial charge in [-0.05, 0) is 39.3 Å². The summed E-state index contributed by atoms with van der Waals surface area (Å²) in [6.07, 6.45) is 2.27. The number of hydrogen-bond acceptors (Lipinski definition) is 4. The summed E-state index contributed by atoms with van der Waals surface area (Å²) in [5, 5.41) is 0. The van der Waals surface area contributed by atoms with Crippen molar-refractivity contribution in [2.24, 2.45) is 0 Å². The Bertz CT molecular complexity index is 231. The zero-order valence-corrected chi connectivity index (χ0v) is 15.5. The lowest BCUT2D eigenvalue weighted by Crippen LogP contribution is -2.35. The van der Waals surface area contributed by atoms with Crippen LogP contribution in [0.4, 0.5) is 0 Å². The van der Waals surface area contributed by atoms with Gasteiger partial charge in [-0.2, -0.15) is 0 Å². The fourth-order valence-corrected chi connectivity index (χ4v) is 6.15. The van der Waals surface area contributed by atoms with Crippen molar-refractivity contribution in [1.82, 2.24) is 14.7 Å². The quantitative estimate of drug-likeness (QED) is 0.517. The molecule has 0 unspecified atom stereocenters. The Morgan fingerprint density at radius 3 is 0.900 bits per heavy atom. The van der Waals surface area contributed by atoms with E-state index >= 15 is 0 Å². The molecule has 5 heteroatoms. The largest absolute Gasteiger partial charge is 0.320 e. The average Bonchev–Trinajstić information content (AvgIpc) is 2.48. The van der Waals surface area contributed by atoms with Crippen LogP contribution >= 0.6 is 7.14 Å². The van der Waals surface area contributed by atoms with E-state index in [9.17, 15) is 4.57 Å². The van der Waals surface area contributed by atoms with Crippen molar-refractivity contribution in [2.45, 2.75) is 41.5 Å². The first kappa shape index (κ1) is 20.1. The summed E-state index contributed by atoms with van der Waals surface area (Å²) in [6, 6.07) is 0. The van der Waals surface area contributed by atoms with Gasteiger partial charge in [0.05, 0.1) is 18.9 Å². The number of nitrogens with zero attached hydrogens (tertiary/aromatic N) is 3. The van der Waals surface area contributed by atoms with Crippen molar-refractivity contribution < 1.29 is 4.57 Å². The highest BCUT2D eigenvalue weighted by Gasteiger charge is 2.28. The normalized spacial score (nSPS) is 12.8. The van der Waals surface area contributed by atoms with Crippen LogP contribution in [-0.2, 0) is 4.57 Å². The van der Waals surface area contributed by atoms with Gasteiger partial charge in [-0.15, -0.1) is 0 Å². The molecule has 0 saturated heterocycles. The molecule has 0 bridgehead atoms. The summed E-state index contributed by atoms with van der Waals surface area (Å²) in [5.74, 6) is 0. The van der Waals surface area contributed by atoms with Crippen LogP contribution in [0.5, 0.6) is 0 Å². The second-order valence-corrected chi connectivity index (χ2v) is 8.36. The monoisotopic (exact) mass is 305 g/mol. The van der Waals surface area contributed by atoms with Gasteiger partial charge in [0.1, 0.15) is 7.14 Å². The van der Waals surface area contributed by atoms with Crippen LogP contribution < -0.4 is 0 Å². The third-order valence-corrected chi connectivity index (χ3v) is 6.80.